The highest BCUT2D eigenvalue weighted by atomic mass is 19.1. The molecule has 0 spiro atoms. The smallest absolute Gasteiger partial charge is 0.338 e. The molecular formula is C17H18FNO2. The maximum absolute atomic E-state index is 13.5. The molecule has 21 heavy (non-hydrogen) atoms. The number of aromatic carboxylic acids is 1. The average Bonchev–Trinajstić information content (AvgIpc) is 2.43. The minimum absolute atomic E-state index is 0.293. The number of carboxylic acids is 1. The zero-order chi connectivity index (χ0) is 15.2. The molecule has 0 heterocycles. The first-order valence-electron chi connectivity index (χ1n) is 6.84. The number of nitrogens with one attached hydrogen (secondary N) is 1. The lowest BCUT2D eigenvalue weighted by atomic mass is 10.1. The molecule has 0 amide bonds. The molecule has 0 atom stereocenters. The van der Waals surface area contributed by atoms with Crippen LogP contribution in [0, 0.1) is 12.7 Å². The number of aryl methyl sites for hydroxylation is 1. The van der Waals surface area contributed by atoms with E-state index in [1.807, 2.05) is 6.07 Å². The number of hydrogen-bond acceptors (Lipinski definition) is 2. The van der Waals surface area contributed by atoms with Gasteiger partial charge in [0.1, 0.15) is 5.82 Å². The Morgan fingerprint density at radius 2 is 2.00 bits per heavy atom. The second kappa shape index (κ2) is 6.99. The molecule has 2 aromatic carbocycles. The van der Waals surface area contributed by atoms with Crippen molar-refractivity contribution in [1.82, 2.24) is 5.32 Å². The maximum Gasteiger partial charge on any atom is 0.338 e. The van der Waals surface area contributed by atoms with Gasteiger partial charge in [-0.15, -0.1) is 0 Å². The first-order valence-corrected chi connectivity index (χ1v) is 6.84. The summed E-state index contributed by atoms with van der Waals surface area (Å²) < 4.78 is 13.5. The highest BCUT2D eigenvalue weighted by Crippen LogP contribution is 2.10. The molecule has 0 saturated carbocycles. The zero-order valence-electron chi connectivity index (χ0n) is 11.9. The number of benzene rings is 2. The van der Waals surface area contributed by atoms with Crippen molar-refractivity contribution in [1.29, 1.82) is 0 Å². The van der Waals surface area contributed by atoms with E-state index in [-0.39, 0.29) is 5.56 Å². The summed E-state index contributed by atoms with van der Waals surface area (Å²) in [5, 5.41) is 12.0. The molecule has 2 aromatic rings. The second-order valence-electron chi connectivity index (χ2n) is 5.04. The Morgan fingerprint density at radius 3 is 2.67 bits per heavy atom. The highest BCUT2D eigenvalue weighted by molar-refractivity contribution is 5.87. The summed E-state index contributed by atoms with van der Waals surface area (Å²) in [5.41, 5.74) is 2.94. The molecule has 2 rings (SSSR count). The van der Waals surface area contributed by atoms with Crippen LogP contribution in [0.1, 0.15) is 27.0 Å². The summed E-state index contributed by atoms with van der Waals surface area (Å²) in [6, 6.07) is 12.5. The van der Waals surface area contributed by atoms with Gasteiger partial charge in [0.05, 0.1) is 5.56 Å². The van der Waals surface area contributed by atoms with E-state index in [1.165, 1.54) is 23.3 Å². The van der Waals surface area contributed by atoms with Gasteiger partial charge >= 0.3 is 5.97 Å². The van der Waals surface area contributed by atoms with Gasteiger partial charge in [0.15, 0.2) is 0 Å². The van der Waals surface area contributed by atoms with E-state index in [2.05, 4.69) is 30.4 Å². The molecule has 0 unspecified atom stereocenters. The molecule has 0 radical (unpaired) electrons. The quantitative estimate of drug-likeness (QED) is 0.802. The van der Waals surface area contributed by atoms with E-state index in [0.717, 1.165) is 18.5 Å². The van der Waals surface area contributed by atoms with Gasteiger partial charge in [0, 0.05) is 6.54 Å². The van der Waals surface area contributed by atoms with Gasteiger partial charge in [-0.1, -0.05) is 35.9 Å². The van der Waals surface area contributed by atoms with Crippen molar-refractivity contribution in [2.75, 3.05) is 6.54 Å². The number of halogens is 1. The molecule has 0 saturated heterocycles. The summed E-state index contributed by atoms with van der Waals surface area (Å²) in [7, 11) is 0. The van der Waals surface area contributed by atoms with Crippen molar-refractivity contribution < 1.29 is 14.3 Å². The van der Waals surface area contributed by atoms with Crippen molar-refractivity contribution in [3.05, 3.63) is 70.5 Å². The number of carboxylic acid groups (broad SMARTS) is 1. The van der Waals surface area contributed by atoms with E-state index in [4.69, 9.17) is 5.11 Å². The van der Waals surface area contributed by atoms with Crippen LogP contribution in [0.2, 0.25) is 0 Å². The highest BCUT2D eigenvalue weighted by Gasteiger charge is 2.09. The zero-order valence-corrected chi connectivity index (χ0v) is 11.9. The van der Waals surface area contributed by atoms with E-state index in [9.17, 15) is 9.18 Å². The minimum atomic E-state index is -1.24. The Balaban J connectivity index is 1.84. The van der Waals surface area contributed by atoms with Gasteiger partial charge in [-0.25, -0.2) is 9.18 Å². The fraction of sp³-hybridized carbons (Fsp3) is 0.235. The number of carbonyl (C=O) groups is 1. The fourth-order valence-electron chi connectivity index (χ4n) is 2.18. The van der Waals surface area contributed by atoms with Gasteiger partial charge in [-0.2, -0.15) is 0 Å². The molecule has 0 fully saturated rings. The van der Waals surface area contributed by atoms with E-state index in [0.29, 0.717) is 6.54 Å². The topological polar surface area (TPSA) is 49.3 Å². The van der Waals surface area contributed by atoms with Crippen LogP contribution in [0.5, 0.6) is 0 Å². The summed E-state index contributed by atoms with van der Waals surface area (Å²) in [5.74, 6) is -1.94. The van der Waals surface area contributed by atoms with E-state index in [1.54, 1.807) is 6.07 Å². The van der Waals surface area contributed by atoms with Crippen LogP contribution in [-0.4, -0.2) is 17.6 Å². The van der Waals surface area contributed by atoms with Gasteiger partial charge in [-0.3, -0.25) is 0 Å². The van der Waals surface area contributed by atoms with Crippen LogP contribution in [-0.2, 0) is 13.0 Å². The monoisotopic (exact) mass is 287 g/mol. The lowest BCUT2D eigenvalue weighted by Gasteiger charge is -2.07. The molecule has 4 heteroatoms. The predicted molar refractivity (Wildman–Crippen MR) is 79.9 cm³/mol. The van der Waals surface area contributed by atoms with Crippen LogP contribution < -0.4 is 5.32 Å². The van der Waals surface area contributed by atoms with E-state index < -0.39 is 11.8 Å². The lowest BCUT2D eigenvalue weighted by Crippen LogP contribution is -2.17. The summed E-state index contributed by atoms with van der Waals surface area (Å²) in [6.07, 6.45) is 0.900. The van der Waals surface area contributed by atoms with Crippen molar-refractivity contribution >= 4 is 5.97 Å². The lowest BCUT2D eigenvalue weighted by molar-refractivity contribution is 0.0692. The van der Waals surface area contributed by atoms with Crippen molar-refractivity contribution in [3.8, 4) is 0 Å². The predicted octanol–water partition coefficient (Wildman–Crippen LogP) is 3.16. The Morgan fingerprint density at radius 1 is 1.19 bits per heavy atom. The standard InChI is InChI=1S/C17H18FNO2/c1-12-3-2-4-13(9-12)7-8-19-11-14-5-6-15(17(20)21)16(18)10-14/h2-6,9-10,19H,7-8,11H2,1H3,(H,20,21). The van der Waals surface area contributed by atoms with Gasteiger partial charge in [-0.05, 0) is 43.1 Å². The summed E-state index contributed by atoms with van der Waals surface area (Å²) in [4.78, 5) is 10.7. The van der Waals surface area contributed by atoms with E-state index >= 15 is 0 Å². The van der Waals surface area contributed by atoms with Crippen LogP contribution in [0.25, 0.3) is 0 Å². The fourth-order valence-corrected chi connectivity index (χ4v) is 2.18. The third-order valence-electron chi connectivity index (χ3n) is 3.27. The molecule has 0 aliphatic rings. The largest absolute Gasteiger partial charge is 0.478 e. The summed E-state index contributed by atoms with van der Waals surface area (Å²) >= 11 is 0. The van der Waals surface area contributed by atoms with Gasteiger partial charge < -0.3 is 10.4 Å². The molecule has 110 valence electrons. The molecular weight excluding hydrogens is 269 g/mol. The Kier molecular flexibility index (Phi) is 5.06. The van der Waals surface area contributed by atoms with Crippen LogP contribution in [0.3, 0.4) is 0 Å². The molecule has 0 aliphatic carbocycles. The molecule has 3 nitrogen and oxygen atoms in total. The molecule has 0 bridgehead atoms. The first-order chi connectivity index (χ1) is 10.1. The van der Waals surface area contributed by atoms with Crippen molar-refractivity contribution in [2.24, 2.45) is 0 Å². The Labute approximate surface area is 123 Å². The molecule has 0 aliphatic heterocycles. The van der Waals surface area contributed by atoms with Crippen LogP contribution in [0.4, 0.5) is 4.39 Å². The number of hydrogen-bond donors (Lipinski definition) is 2. The Hall–Kier alpha value is -2.20. The van der Waals surface area contributed by atoms with Crippen molar-refractivity contribution in [2.45, 2.75) is 19.9 Å². The number of rotatable bonds is 6. The van der Waals surface area contributed by atoms with Crippen LogP contribution in [0.15, 0.2) is 42.5 Å². The molecule has 2 N–H and O–H groups in total. The first kappa shape index (κ1) is 15.2. The van der Waals surface area contributed by atoms with Gasteiger partial charge in [0.2, 0.25) is 0 Å². The second-order valence-corrected chi connectivity index (χ2v) is 5.04. The molecule has 0 aromatic heterocycles. The SMILES string of the molecule is Cc1cccc(CCNCc2ccc(C(=O)O)c(F)c2)c1. The summed E-state index contributed by atoms with van der Waals surface area (Å²) in [6.45, 7) is 3.36. The van der Waals surface area contributed by atoms with Gasteiger partial charge in [0.25, 0.3) is 0 Å². The van der Waals surface area contributed by atoms with Crippen molar-refractivity contribution in [3.63, 3.8) is 0 Å². The average molecular weight is 287 g/mol. The van der Waals surface area contributed by atoms with Crippen LogP contribution >= 0.6 is 0 Å². The normalized spacial score (nSPS) is 10.6. The maximum atomic E-state index is 13.5. The Bertz CT molecular complexity index is 640. The third-order valence-corrected chi connectivity index (χ3v) is 3.27. The minimum Gasteiger partial charge on any atom is -0.478 e. The third kappa shape index (κ3) is 4.39.